The normalized spacial score (nSPS) is 34.4. The molecule has 1 N–H and O–H groups in total. The molecule has 0 aromatic heterocycles. The molecule has 2 saturated carbocycles. The molecule has 0 bridgehead atoms. The quantitative estimate of drug-likeness (QED) is 0.771. The fourth-order valence-electron chi connectivity index (χ4n) is 2.88. The summed E-state index contributed by atoms with van der Waals surface area (Å²) in [7, 11) is 2.19. The fraction of sp³-hybridized carbons (Fsp3) is 1.00. The van der Waals surface area contributed by atoms with Crippen molar-refractivity contribution in [3.8, 4) is 0 Å². The molecule has 0 radical (unpaired) electrons. The van der Waals surface area contributed by atoms with Crippen molar-refractivity contribution < 1.29 is 5.11 Å². The van der Waals surface area contributed by atoms with Gasteiger partial charge in [0.2, 0.25) is 0 Å². The van der Waals surface area contributed by atoms with Gasteiger partial charge in [0.15, 0.2) is 0 Å². The molecule has 0 aliphatic heterocycles. The molecule has 2 nitrogen and oxygen atoms in total. The van der Waals surface area contributed by atoms with Gasteiger partial charge in [0.05, 0.1) is 6.10 Å². The number of likely N-dealkylation sites (N-methyl/N-ethyl adjacent to an activating group) is 1. The largest absolute Gasteiger partial charge is 0.392 e. The van der Waals surface area contributed by atoms with Crippen LogP contribution in [0.1, 0.15) is 45.4 Å². The lowest BCUT2D eigenvalue weighted by Gasteiger charge is -2.35. The van der Waals surface area contributed by atoms with Gasteiger partial charge in [-0.1, -0.05) is 19.8 Å². The summed E-state index contributed by atoms with van der Waals surface area (Å²) in [5, 5.41) is 9.91. The molecule has 3 unspecified atom stereocenters. The van der Waals surface area contributed by atoms with E-state index in [1.165, 1.54) is 38.5 Å². The van der Waals surface area contributed by atoms with E-state index in [1.54, 1.807) is 0 Å². The molecular formula is C13H25NO. The molecule has 2 fully saturated rings. The van der Waals surface area contributed by atoms with Crippen molar-refractivity contribution in [2.24, 2.45) is 11.8 Å². The van der Waals surface area contributed by atoms with Crippen LogP contribution < -0.4 is 0 Å². The molecule has 15 heavy (non-hydrogen) atoms. The Balaban J connectivity index is 1.75. The van der Waals surface area contributed by atoms with Crippen molar-refractivity contribution in [3.05, 3.63) is 0 Å². The average molecular weight is 211 g/mol. The second kappa shape index (κ2) is 4.84. The Morgan fingerprint density at radius 3 is 2.60 bits per heavy atom. The minimum absolute atomic E-state index is 0.0627. The Kier molecular flexibility index (Phi) is 3.68. The number of aliphatic hydroxyl groups is 1. The molecule has 3 atom stereocenters. The van der Waals surface area contributed by atoms with Gasteiger partial charge in [0, 0.05) is 12.6 Å². The maximum absolute atomic E-state index is 9.91. The molecule has 0 spiro atoms. The highest BCUT2D eigenvalue weighted by molar-refractivity contribution is 4.85. The van der Waals surface area contributed by atoms with Crippen LogP contribution in [-0.2, 0) is 0 Å². The molecule has 0 aromatic rings. The summed E-state index contributed by atoms with van der Waals surface area (Å²) in [4.78, 5) is 2.40. The summed E-state index contributed by atoms with van der Waals surface area (Å²) < 4.78 is 0. The number of hydrogen-bond acceptors (Lipinski definition) is 2. The number of nitrogens with zero attached hydrogens (tertiary/aromatic N) is 1. The van der Waals surface area contributed by atoms with E-state index in [4.69, 9.17) is 0 Å². The zero-order chi connectivity index (χ0) is 10.8. The number of aliphatic hydroxyl groups excluding tert-OH is 1. The average Bonchev–Trinajstić information content (AvgIpc) is 3.00. The fourth-order valence-corrected chi connectivity index (χ4v) is 2.88. The lowest BCUT2D eigenvalue weighted by Crippen LogP contribution is -2.40. The van der Waals surface area contributed by atoms with Crippen molar-refractivity contribution in [3.63, 3.8) is 0 Å². The first-order chi connectivity index (χ1) is 7.16. The van der Waals surface area contributed by atoms with E-state index in [2.05, 4.69) is 18.9 Å². The van der Waals surface area contributed by atoms with E-state index < -0.39 is 0 Å². The smallest absolute Gasteiger partial charge is 0.0695 e. The van der Waals surface area contributed by atoms with Gasteiger partial charge in [0.1, 0.15) is 0 Å². The molecule has 0 saturated heterocycles. The lowest BCUT2D eigenvalue weighted by atomic mass is 9.86. The molecule has 2 heteroatoms. The Labute approximate surface area is 93.7 Å². The van der Waals surface area contributed by atoms with Gasteiger partial charge >= 0.3 is 0 Å². The van der Waals surface area contributed by atoms with Gasteiger partial charge in [-0.05, 0) is 44.6 Å². The highest BCUT2D eigenvalue weighted by atomic mass is 16.3. The third-order valence-corrected chi connectivity index (χ3v) is 4.17. The van der Waals surface area contributed by atoms with E-state index >= 15 is 0 Å². The molecule has 0 amide bonds. The summed E-state index contributed by atoms with van der Waals surface area (Å²) >= 11 is 0. The summed E-state index contributed by atoms with van der Waals surface area (Å²) in [5.41, 5.74) is 0. The van der Waals surface area contributed by atoms with Crippen molar-refractivity contribution >= 4 is 0 Å². The zero-order valence-electron chi connectivity index (χ0n) is 10.2. The van der Waals surface area contributed by atoms with Crippen LogP contribution in [0.15, 0.2) is 0 Å². The SMILES string of the molecule is CC1CCCC(N(C)CC(O)C2CC2)C1. The van der Waals surface area contributed by atoms with Gasteiger partial charge < -0.3 is 10.0 Å². The predicted octanol–water partition coefficient (Wildman–Crippen LogP) is 2.27. The molecule has 88 valence electrons. The minimum Gasteiger partial charge on any atom is -0.392 e. The summed E-state index contributed by atoms with van der Waals surface area (Å²) in [6.45, 7) is 3.25. The molecule has 2 aliphatic rings. The first-order valence-electron chi connectivity index (χ1n) is 6.55. The van der Waals surface area contributed by atoms with Crippen LogP contribution in [0.4, 0.5) is 0 Å². The lowest BCUT2D eigenvalue weighted by molar-refractivity contribution is 0.0707. The zero-order valence-corrected chi connectivity index (χ0v) is 10.2. The third kappa shape index (κ3) is 3.18. The van der Waals surface area contributed by atoms with Crippen LogP contribution >= 0.6 is 0 Å². The van der Waals surface area contributed by atoms with E-state index in [0.29, 0.717) is 5.92 Å². The van der Waals surface area contributed by atoms with E-state index in [-0.39, 0.29) is 6.10 Å². The van der Waals surface area contributed by atoms with Gasteiger partial charge in [-0.15, -0.1) is 0 Å². The monoisotopic (exact) mass is 211 g/mol. The van der Waals surface area contributed by atoms with Gasteiger partial charge in [-0.3, -0.25) is 0 Å². The second-order valence-electron chi connectivity index (χ2n) is 5.77. The van der Waals surface area contributed by atoms with Crippen LogP contribution in [0.25, 0.3) is 0 Å². The Morgan fingerprint density at radius 1 is 1.27 bits per heavy atom. The predicted molar refractivity (Wildman–Crippen MR) is 62.8 cm³/mol. The summed E-state index contributed by atoms with van der Waals surface area (Å²) in [5.74, 6) is 1.50. The third-order valence-electron chi connectivity index (χ3n) is 4.17. The van der Waals surface area contributed by atoms with Crippen LogP contribution in [0, 0.1) is 11.8 Å². The molecule has 2 aliphatic carbocycles. The first-order valence-corrected chi connectivity index (χ1v) is 6.55. The Hall–Kier alpha value is -0.0800. The first kappa shape index (κ1) is 11.4. The molecule has 2 rings (SSSR count). The van der Waals surface area contributed by atoms with Gasteiger partial charge in [-0.2, -0.15) is 0 Å². The van der Waals surface area contributed by atoms with Crippen LogP contribution in [0.3, 0.4) is 0 Å². The molecule has 0 heterocycles. The van der Waals surface area contributed by atoms with E-state index in [0.717, 1.165) is 18.5 Å². The minimum atomic E-state index is -0.0627. The standard InChI is InChI=1S/C13H25NO/c1-10-4-3-5-12(8-10)14(2)9-13(15)11-6-7-11/h10-13,15H,3-9H2,1-2H3. The van der Waals surface area contributed by atoms with Crippen molar-refractivity contribution in [1.29, 1.82) is 0 Å². The van der Waals surface area contributed by atoms with Crippen LogP contribution in [0.5, 0.6) is 0 Å². The van der Waals surface area contributed by atoms with Crippen LogP contribution in [-0.4, -0.2) is 35.7 Å². The van der Waals surface area contributed by atoms with E-state index in [9.17, 15) is 5.11 Å². The summed E-state index contributed by atoms with van der Waals surface area (Å²) in [6, 6.07) is 0.724. The highest BCUT2D eigenvalue weighted by Gasteiger charge is 2.32. The van der Waals surface area contributed by atoms with Crippen molar-refractivity contribution in [1.82, 2.24) is 4.90 Å². The van der Waals surface area contributed by atoms with Crippen molar-refractivity contribution in [2.45, 2.75) is 57.6 Å². The highest BCUT2D eigenvalue weighted by Crippen LogP contribution is 2.34. The molecular weight excluding hydrogens is 186 g/mol. The maximum Gasteiger partial charge on any atom is 0.0695 e. The molecule has 0 aromatic carbocycles. The summed E-state index contributed by atoms with van der Waals surface area (Å²) in [6.07, 6.45) is 7.86. The Morgan fingerprint density at radius 2 is 2.00 bits per heavy atom. The van der Waals surface area contributed by atoms with Gasteiger partial charge in [0.25, 0.3) is 0 Å². The second-order valence-corrected chi connectivity index (χ2v) is 5.77. The maximum atomic E-state index is 9.91. The van der Waals surface area contributed by atoms with Crippen LogP contribution in [0.2, 0.25) is 0 Å². The number of rotatable bonds is 4. The van der Waals surface area contributed by atoms with E-state index in [1.807, 2.05) is 0 Å². The topological polar surface area (TPSA) is 23.5 Å². The van der Waals surface area contributed by atoms with Gasteiger partial charge in [-0.25, -0.2) is 0 Å². The number of hydrogen-bond donors (Lipinski definition) is 1. The van der Waals surface area contributed by atoms with Crippen molar-refractivity contribution in [2.75, 3.05) is 13.6 Å². The Bertz CT molecular complexity index is 203.